The number of hydrogen-bond donors (Lipinski definition) is 0. The second kappa shape index (κ2) is 10.6. The molecule has 0 bridgehead atoms. The van der Waals surface area contributed by atoms with Crippen LogP contribution in [-0.4, -0.2) is 7.85 Å². The fourth-order valence-corrected chi connectivity index (χ4v) is 5.01. The Hall–Kier alpha value is -5.42. The van der Waals surface area contributed by atoms with E-state index in [1.165, 1.54) is 0 Å². The quantitative estimate of drug-likeness (QED) is 0.193. The summed E-state index contributed by atoms with van der Waals surface area (Å²) in [6.07, 6.45) is 0. The van der Waals surface area contributed by atoms with Gasteiger partial charge in [-0.2, -0.15) is 0 Å². The van der Waals surface area contributed by atoms with E-state index in [0.29, 0.717) is 11.0 Å². The third kappa shape index (κ3) is 4.90. The molecule has 0 fully saturated rings. The van der Waals surface area contributed by atoms with Crippen LogP contribution in [0.25, 0.3) is 21.9 Å². The fourth-order valence-electron chi connectivity index (χ4n) is 5.01. The monoisotopic (exact) mass is 529 g/mol. The molecule has 0 aliphatic rings. The zero-order valence-electron chi connectivity index (χ0n) is 22.1. The standard InChI is InChI=1S/C36H24BNO3/c37-33-15-7-13-31-32-14-8-16-34(36(32)41-35(31)33)38(25-17-21-29(22-18-25)39-27-9-3-1-4-10-27)26-19-23-30(24-20-26)40-28-11-5-2-6-12-28/h1-24H. The van der Waals surface area contributed by atoms with Crippen LogP contribution >= 0.6 is 0 Å². The summed E-state index contributed by atoms with van der Waals surface area (Å²) in [7, 11) is 6.29. The molecule has 1 aromatic heterocycles. The van der Waals surface area contributed by atoms with Gasteiger partial charge in [0.1, 0.15) is 36.4 Å². The van der Waals surface area contributed by atoms with Gasteiger partial charge in [-0.1, -0.05) is 72.2 Å². The zero-order chi connectivity index (χ0) is 27.6. The van der Waals surface area contributed by atoms with Crippen molar-refractivity contribution in [2.24, 2.45) is 0 Å². The highest BCUT2D eigenvalue weighted by Gasteiger charge is 2.20. The first-order valence-corrected chi connectivity index (χ1v) is 13.4. The summed E-state index contributed by atoms with van der Waals surface area (Å²) in [5.41, 5.74) is 4.85. The number of rotatable bonds is 7. The molecule has 5 heteroatoms. The minimum atomic E-state index is 0.612. The van der Waals surface area contributed by atoms with Gasteiger partial charge in [0.15, 0.2) is 5.58 Å². The van der Waals surface area contributed by atoms with Crippen LogP contribution in [0.5, 0.6) is 23.0 Å². The Kier molecular flexibility index (Phi) is 6.38. The number of nitrogens with zero attached hydrogens (tertiary/aromatic N) is 1. The van der Waals surface area contributed by atoms with E-state index >= 15 is 0 Å². The van der Waals surface area contributed by atoms with Crippen molar-refractivity contribution in [1.82, 2.24) is 0 Å². The second-order valence-corrected chi connectivity index (χ2v) is 9.63. The largest absolute Gasteiger partial charge is 0.457 e. The highest BCUT2D eigenvalue weighted by Crippen LogP contribution is 2.42. The molecular weight excluding hydrogens is 505 g/mol. The molecule has 2 radical (unpaired) electrons. The summed E-state index contributed by atoms with van der Waals surface area (Å²) in [6.45, 7) is 0. The molecule has 4 nitrogen and oxygen atoms in total. The maximum absolute atomic E-state index is 6.43. The third-order valence-electron chi connectivity index (χ3n) is 6.92. The van der Waals surface area contributed by atoms with E-state index in [9.17, 15) is 0 Å². The predicted octanol–water partition coefficient (Wildman–Crippen LogP) is 9.43. The maximum Gasteiger partial charge on any atom is 0.159 e. The van der Waals surface area contributed by atoms with Gasteiger partial charge >= 0.3 is 0 Å². The first kappa shape index (κ1) is 24.6. The van der Waals surface area contributed by atoms with Crippen molar-refractivity contribution in [2.75, 3.05) is 4.90 Å². The molecule has 194 valence electrons. The molecule has 6 aromatic carbocycles. The molecule has 0 atom stereocenters. The van der Waals surface area contributed by atoms with Crippen molar-refractivity contribution in [3.05, 3.63) is 146 Å². The first-order valence-electron chi connectivity index (χ1n) is 13.4. The SMILES string of the molecule is [B]c1cccc2c1oc1c(N(c3ccc(Oc4ccccc4)cc3)c3ccc(Oc4ccccc4)cc3)cccc12. The molecule has 1 heterocycles. The Morgan fingerprint density at radius 2 is 0.902 bits per heavy atom. The zero-order valence-corrected chi connectivity index (χ0v) is 22.1. The van der Waals surface area contributed by atoms with E-state index in [4.69, 9.17) is 21.7 Å². The van der Waals surface area contributed by atoms with Gasteiger partial charge in [-0.3, -0.25) is 0 Å². The van der Waals surface area contributed by atoms with E-state index in [2.05, 4.69) is 17.0 Å². The Morgan fingerprint density at radius 3 is 1.44 bits per heavy atom. The van der Waals surface area contributed by atoms with E-state index < -0.39 is 0 Å². The van der Waals surface area contributed by atoms with Crippen molar-refractivity contribution >= 4 is 52.3 Å². The third-order valence-corrected chi connectivity index (χ3v) is 6.92. The van der Waals surface area contributed by atoms with E-state index in [1.54, 1.807) is 0 Å². The van der Waals surface area contributed by atoms with Gasteiger partial charge in [-0.05, 0) is 78.9 Å². The van der Waals surface area contributed by atoms with Crippen LogP contribution in [0.2, 0.25) is 0 Å². The lowest BCUT2D eigenvalue weighted by Gasteiger charge is -2.26. The van der Waals surface area contributed by atoms with Crippen molar-refractivity contribution in [1.29, 1.82) is 0 Å². The molecular formula is C36H24BNO3. The van der Waals surface area contributed by atoms with Gasteiger partial charge in [0.2, 0.25) is 0 Å². The normalized spacial score (nSPS) is 11.0. The van der Waals surface area contributed by atoms with Crippen LogP contribution in [0.15, 0.2) is 150 Å². The topological polar surface area (TPSA) is 34.8 Å². The lowest BCUT2D eigenvalue weighted by atomic mass is 9.94. The molecule has 7 aromatic rings. The number of benzene rings is 6. The molecule has 7 rings (SSSR count). The van der Waals surface area contributed by atoms with Gasteiger partial charge < -0.3 is 18.8 Å². The van der Waals surface area contributed by atoms with Crippen molar-refractivity contribution < 1.29 is 13.9 Å². The van der Waals surface area contributed by atoms with Gasteiger partial charge in [-0.25, -0.2) is 0 Å². The molecule has 0 aliphatic heterocycles. The minimum absolute atomic E-state index is 0.612. The van der Waals surface area contributed by atoms with Crippen molar-refractivity contribution in [3.8, 4) is 23.0 Å². The lowest BCUT2D eigenvalue weighted by molar-refractivity contribution is 0.482. The van der Waals surface area contributed by atoms with E-state index in [-0.39, 0.29) is 0 Å². The molecule has 41 heavy (non-hydrogen) atoms. The Morgan fingerprint density at radius 1 is 0.439 bits per heavy atom. The van der Waals surface area contributed by atoms with Crippen molar-refractivity contribution in [3.63, 3.8) is 0 Å². The van der Waals surface area contributed by atoms with Gasteiger partial charge in [0.25, 0.3) is 0 Å². The summed E-state index contributed by atoms with van der Waals surface area (Å²) in [6, 6.07) is 47.6. The van der Waals surface area contributed by atoms with Crippen molar-refractivity contribution in [2.45, 2.75) is 0 Å². The van der Waals surface area contributed by atoms with Gasteiger partial charge in [-0.15, -0.1) is 0 Å². The molecule has 0 unspecified atom stereocenters. The average molecular weight is 529 g/mol. The van der Waals surface area contributed by atoms with Crippen LogP contribution in [0.4, 0.5) is 17.1 Å². The maximum atomic E-state index is 6.43. The van der Waals surface area contributed by atoms with Crippen LogP contribution in [-0.2, 0) is 0 Å². The van der Waals surface area contributed by atoms with Crippen LogP contribution in [0.3, 0.4) is 0 Å². The van der Waals surface area contributed by atoms with Gasteiger partial charge in [0.05, 0.1) is 5.69 Å². The highest BCUT2D eigenvalue weighted by atomic mass is 16.5. The summed E-state index contributed by atoms with van der Waals surface area (Å²) in [5.74, 6) is 3.08. The summed E-state index contributed by atoms with van der Waals surface area (Å²) >= 11 is 0. The van der Waals surface area contributed by atoms with Gasteiger partial charge in [0, 0.05) is 22.1 Å². The summed E-state index contributed by atoms with van der Waals surface area (Å²) in [5, 5.41) is 1.99. The number of para-hydroxylation sites is 4. The smallest absolute Gasteiger partial charge is 0.159 e. The molecule has 0 N–H and O–H groups in total. The molecule has 0 spiro atoms. The highest BCUT2D eigenvalue weighted by molar-refractivity contribution is 6.39. The number of furan rings is 1. The first-order chi connectivity index (χ1) is 20.2. The summed E-state index contributed by atoms with van der Waals surface area (Å²) < 4.78 is 18.5. The Balaban J connectivity index is 1.32. The number of anilines is 3. The van der Waals surface area contributed by atoms with Crippen LogP contribution < -0.4 is 19.8 Å². The fraction of sp³-hybridized carbons (Fsp3) is 0. The lowest BCUT2D eigenvalue weighted by Crippen LogP contribution is -2.10. The van der Waals surface area contributed by atoms with Crippen LogP contribution in [0, 0.1) is 0 Å². The van der Waals surface area contributed by atoms with E-state index in [0.717, 1.165) is 56.4 Å². The number of ether oxygens (including phenoxy) is 2. The van der Waals surface area contributed by atoms with Crippen LogP contribution in [0.1, 0.15) is 0 Å². The summed E-state index contributed by atoms with van der Waals surface area (Å²) in [4.78, 5) is 2.17. The molecule has 0 aliphatic carbocycles. The minimum Gasteiger partial charge on any atom is -0.457 e. The molecule has 0 saturated heterocycles. The van der Waals surface area contributed by atoms with E-state index in [1.807, 2.05) is 133 Å². The number of hydrogen-bond acceptors (Lipinski definition) is 4. The molecule has 0 amide bonds. The number of fused-ring (bicyclic) bond motifs is 3. The Labute approximate surface area is 239 Å². The second-order valence-electron chi connectivity index (χ2n) is 9.63. The Bertz CT molecular complexity index is 1850. The predicted molar refractivity (Wildman–Crippen MR) is 167 cm³/mol. The molecule has 0 saturated carbocycles. The average Bonchev–Trinajstić information content (AvgIpc) is 3.41.